The van der Waals surface area contributed by atoms with Crippen molar-refractivity contribution in [2.24, 2.45) is 0 Å². The first-order valence-corrected chi connectivity index (χ1v) is 12.1. The average molecular weight is 494 g/mol. The molecule has 32 heavy (non-hydrogen) atoms. The molecule has 2 rings (SSSR count). The van der Waals surface area contributed by atoms with Crippen LogP contribution in [0.2, 0.25) is 0 Å². The summed E-state index contributed by atoms with van der Waals surface area (Å²) in [4.78, 5) is 11.4. The highest BCUT2D eigenvalue weighted by atomic mass is 32.2. The van der Waals surface area contributed by atoms with Gasteiger partial charge in [-0.15, -0.1) is 0 Å². The number of benzene rings is 2. The van der Waals surface area contributed by atoms with Gasteiger partial charge in [-0.05, 0) is 57.2 Å². The normalized spacial score (nSPS) is 13.1. The van der Waals surface area contributed by atoms with E-state index in [0.717, 1.165) is 18.2 Å². The zero-order chi connectivity index (χ0) is 24.4. The molecule has 0 fully saturated rings. The Labute approximate surface area is 184 Å². The predicted octanol–water partition coefficient (Wildman–Crippen LogP) is 2.70. The van der Waals surface area contributed by atoms with Crippen LogP contribution in [0.25, 0.3) is 0 Å². The largest absolute Gasteiger partial charge is 0.416 e. The van der Waals surface area contributed by atoms with E-state index in [1.165, 1.54) is 24.3 Å². The minimum Gasteiger partial charge on any atom is -0.325 e. The smallest absolute Gasteiger partial charge is 0.325 e. The quantitative estimate of drug-likeness (QED) is 0.548. The Morgan fingerprint density at radius 1 is 0.875 bits per heavy atom. The Morgan fingerprint density at radius 3 is 2.00 bits per heavy atom. The topological polar surface area (TPSA) is 121 Å². The van der Waals surface area contributed by atoms with E-state index in [0.29, 0.717) is 6.07 Å². The second kappa shape index (κ2) is 9.17. The zero-order valence-corrected chi connectivity index (χ0v) is 19.0. The summed E-state index contributed by atoms with van der Waals surface area (Å²) in [6.45, 7) is 4.20. The molecule has 13 heteroatoms. The van der Waals surface area contributed by atoms with E-state index in [1.807, 2.05) is 4.72 Å². The van der Waals surface area contributed by atoms with Crippen LogP contribution < -0.4 is 14.8 Å². The van der Waals surface area contributed by atoms with E-state index in [4.69, 9.17) is 0 Å². The Bertz CT molecular complexity index is 1210. The SMILES string of the molecule is CC(C)(C)NS(=O)(=O)c1cccc(NC(=O)CNS(=O)(=O)c2cccc(C(F)(F)F)c2)c1. The lowest BCUT2D eigenvalue weighted by atomic mass is 10.1. The molecule has 0 heterocycles. The number of halogens is 3. The van der Waals surface area contributed by atoms with Crippen LogP contribution in [0.5, 0.6) is 0 Å². The Balaban J connectivity index is 2.09. The number of hydrogen-bond donors (Lipinski definition) is 3. The number of carbonyl (C=O) groups excluding carboxylic acids is 1. The molecular formula is C19H22F3N3O5S2. The van der Waals surface area contributed by atoms with Crippen molar-refractivity contribution in [1.82, 2.24) is 9.44 Å². The van der Waals surface area contributed by atoms with Crippen LogP contribution in [0.15, 0.2) is 58.3 Å². The van der Waals surface area contributed by atoms with Gasteiger partial charge in [0.25, 0.3) is 0 Å². The van der Waals surface area contributed by atoms with E-state index in [9.17, 15) is 34.8 Å². The van der Waals surface area contributed by atoms with E-state index >= 15 is 0 Å². The van der Waals surface area contributed by atoms with Gasteiger partial charge in [0.1, 0.15) is 0 Å². The molecule has 0 aliphatic heterocycles. The molecule has 0 aliphatic rings. The van der Waals surface area contributed by atoms with Gasteiger partial charge in [0.15, 0.2) is 0 Å². The molecule has 3 N–H and O–H groups in total. The van der Waals surface area contributed by atoms with Crippen molar-refractivity contribution in [3.63, 3.8) is 0 Å². The maximum Gasteiger partial charge on any atom is 0.416 e. The zero-order valence-electron chi connectivity index (χ0n) is 17.3. The molecule has 1 amide bonds. The lowest BCUT2D eigenvalue weighted by molar-refractivity contribution is -0.137. The molecule has 0 atom stereocenters. The Morgan fingerprint density at radius 2 is 1.44 bits per heavy atom. The van der Waals surface area contributed by atoms with E-state index in [2.05, 4.69) is 10.0 Å². The fourth-order valence-electron chi connectivity index (χ4n) is 2.49. The number of carbonyl (C=O) groups is 1. The summed E-state index contributed by atoms with van der Waals surface area (Å²) in [6, 6.07) is 8.38. The maximum atomic E-state index is 12.8. The van der Waals surface area contributed by atoms with Gasteiger partial charge in [0.05, 0.1) is 21.9 Å². The van der Waals surface area contributed by atoms with Gasteiger partial charge >= 0.3 is 6.18 Å². The lowest BCUT2D eigenvalue weighted by Crippen LogP contribution is -2.40. The van der Waals surface area contributed by atoms with Crippen molar-refractivity contribution in [2.75, 3.05) is 11.9 Å². The molecule has 0 unspecified atom stereocenters. The lowest BCUT2D eigenvalue weighted by Gasteiger charge is -2.20. The van der Waals surface area contributed by atoms with Crippen molar-refractivity contribution in [3.05, 3.63) is 54.1 Å². The molecule has 2 aromatic carbocycles. The number of amides is 1. The Hall–Kier alpha value is -2.48. The molecule has 0 saturated heterocycles. The monoisotopic (exact) mass is 493 g/mol. The summed E-state index contributed by atoms with van der Waals surface area (Å²) in [5.41, 5.74) is -1.79. The van der Waals surface area contributed by atoms with Gasteiger partial charge in [-0.3, -0.25) is 4.79 Å². The van der Waals surface area contributed by atoms with Crippen LogP contribution in [-0.2, 0) is 31.0 Å². The van der Waals surface area contributed by atoms with Crippen LogP contribution >= 0.6 is 0 Å². The third-order valence-corrected chi connectivity index (χ3v) is 6.92. The highest BCUT2D eigenvalue weighted by Gasteiger charge is 2.31. The summed E-state index contributed by atoms with van der Waals surface area (Å²) in [7, 11) is -8.27. The molecule has 0 saturated carbocycles. The summed E-state index contributed by atoms with van der Waals surface area (Å²) in [6.07, 6.45) is -4.73. The number of rotatable bonds is 7. The van der Waals surface area contributed by atoms with Crippen LogP contribution in [0, 0.1) is 0 Å². The first-order chi connectivity index (χ1) is 14.5. The second-order valence-corrected chi connectivity index (χ2v) is 11.2. The van der Waals surface area contributed by atoms with E-state index in [-0.39, 0.29) is 10.6 Å². The third kappa shape index (κ3) is 7.29. The number of hydrogen-bond acceptors (Lipinski definition) is 5. The van der Waals surface area contributed by atoms with Crippen LogP contribution in [-0.4, -0.2) is 34.8 Å². The second-order valence-electron chi connectivity index (χ2n) is 7.78. The van der Waals surface area contributed by atoms with Crippen molar-refractivity contribution in [3.8, 4) is 0 Å². The fourth-order valence-corrected chi connectivity index (χ4v) is 4.98. The van der Waals surface area contributed by atoms with Crippen LogP contribution in [0.3, 0.4) is 0 Å². The van der Waals surface area contributed by atoms with Crippen molar-refractivity contribution in [1.29, 1.82) is 0 Å². The van der Waals surface area contributed by atoms with E-state index in [1.54, 1.807) is 20.8 Å². The first kappa shape index (κ1) is 25.8. The summed E-state index contributed by atoms with van der Waals surface area (Å²) < 4.78 is 92.0. The number of sulfonamides is 2. The minimum absolute atomic E-state index is 0.0880. The highest BCUT2D eigenvalue weighted by molar-refractivity contribution is 7.89. The summed E-state index contributed by atoms with van der Waals surface area (Å²) in [5.74, 6) is -0.848. The molecular weight excluding hydrogens is 471 g/mol. The molecule has 0 aliphatic carbocycles. The average Bonchev–Trinajstić information content (AvgIpc) is 2.64. The number of nitrogens with one attached hydrogen (secondary N) is 3. The van der Waals surface area contributed by atoms with Gasteiger partial charge in [-0.2, -0.15) is 13.2 Å². The highest BCUT2D eigenvalue weighted by Crippen LogP contribution is 2.30. The minimum atomic E-state index is -4.73. The molecule has 2 aromatic rings. The van der Waals surface area contributed by atoms with Gasteiger partial charge in [-0.1, -0.05) is 12.1 Å². The fraction of sp³-hybridized carbons (Fsp3) is 0.316. The molecule has 0 aromatic heterocycles. The Kier molecular flexibility index (Phi) is 7.39. The molecule has 8 nitrogen and oxygen atoms in total. The van der Waals surface area contributed by atoms with Crippen LogP contribution in [0.4, 0.5) is 18.9 Å². The van der Waals surface area contributed by atoms with Gasteiger partial charge < -0.3 is 5.32 Å². The molecule has 0 spiro atoms. The van der Waals surface area contributed by atoms with Crippen molar-refractivity contribution >= 4 is 31.6 Å². The van der Waals surface area contributed by atoms with Crippen LogP contribution in [0.1, 0.15) is 26.3 Å². The summed E-state index contributed by atoms with van der Waals surface area (Å²) in [5, 5.41) is 2.34. The van der Waals surface area contributed by atoms with Gasteiger partial charge in [0.2, 0.25) is 26.0 Å². The standard InChI is InChI=1S/C19H22F3N3O5S2/c1-18(2,3)25-32(29,30)16-9-5-7-14(11-16)24-17(26)12-23-31(27,28)15-8-4-6-13(10-15)19(20,21)22/h4-11,23,25H,12H2,1-3H3,(H,24,26). The van der Waals surface area contributed by atoms with Gasteiger partial charge in [0, 0.05) is 11.2 Å². The molecule has 0 radical (unpaired) electrons. The number of alkyl halides is 3. The molecule has 0 bridgehead atoms. The first-order valence-electron chi connectivity index (χ1n) is 9.10. The van der Waals surface area contributed by atoms with Gasteiger partial charge in [-0.25, -0.2) is 26.3 Å². The molecule has 176 valence electrons. The predicted molar refractivity (Wildman–Crippen MR) is 112 cm³/mol. The number of anilines is 1. The summed E-state index contributed by atoms with van der Waals surface area (Å²) >= 11 is 0. The van der Waals surface area contributed by atoms with E-state index < -0.39 is 54.7 Å². The van der Waals surface area contributed by atoms with Crippen molar-refractivity contribution in [2.45, 2.75) is 42.3 Å². The maximum absolute atomic E-state index is 12.8. The third-order valence-electron chi connectivity index (χ3n) is 3.76. The van der Waals surface area contributed by atoms with Crippen molar-refractivity contribution < 1.29 is 34.8 Å².